The van der Waals surface area contributed by atoms with Gasteiger partial charge in [0.15, 0.2) is 0 Å². The topological polar surface area (TPSA) is 47.6 Å². The fraction of sp³-hybridized carbons (Fsp3) is 0.632. The quantitative estimate of drug-likeness (QED) is 0.921. The first-order valence-corrected chi connectivity index (χ1v) is 8.70. The predicted molar refractivity (Wildman–Crippen MR) is 88.7 cm³/mol. The highest BCUT2D eigenvalue weighted by Gasteiger charge is 2.50. The van der Waals surface area contributed by atoms with E-state index in [-0.39, 0.29) is 11.8 Å². The Bertz CT molecular complexity index is 585. The molecule has 0 heterocycles. The maximum Gasteiger partial charge on any atom is 0.228 e. The SMILES string of the molecule is COc1ccc(OC)c(NC(=O)C2C3CC4CC(C3)CC2C4)c1. The van der Waals surface area contributed by atoms with Gasteiger partial charge in [-0.25, -0.2) is 0 Å². The van der Waals surface area contributed by atoms with E-state index in [4.69, 9.17) is 9.47 Å². The summed E-state index contributed by atoms with van der Waals surface area (Å²) in [5.41, 5.74) is 0.714. The van der Waals surface area contributed by atoms with Crippen LogP contribution in [0, 0.1) is 29.6 Å². The normalized spacial score (nSPS) is 34.3. The molecular formula is C19H25NO3. The molecule has 0 saturated heterocycles. The van der Waals surface area contributed by atoms with Gasteiger partial charge in [-0.2, -0.15) is 0 Å². The standard InChI is InChI=1S/C19H25NO3/c1-22-15-3-4-17(23-2)16(10-15)20-19(21)18-13-6-11-5-12(8-13)9-14(18)7-11/h3-4,10-14,18H,5-9H2,1-2H3,(H,20,21). The van der Waals surface area contributed by atoms with Gasteiger partial charge in [-0.1, -0.05) is 0 Å². The summed E-state index contributed by atoms with van der Waals surface area (Å²) in [7, 11) is 3.26. The number of hydrogen-bond acceptors (Lipinski definition) is 3. The van der Waals surface area contributed by atoms with Crippen molar-refractivity contribution in [3.63, 3.8) is 0 Å². The Morgan fingerprint density at radius 3 is 2.22 bits per heavy atom. The van der Waals surface area contributed by atoms with Gasteiger partial charge in [-0.15, -0.1) is 0 Å². The maximum atomic E-state index is 13.0. The number of nitrogens with one attached hydrogen (secondary N) is 1. The van der Waals surface area contributed by atoms with E-state index >= 15 is 0 Å². The summed E-state index contributed by atoms with van der Waals surface area (Å²) in [6, 6.07) is 5.52. The van der Waals surface area contributed by atoms with Crippen molar-refractivity contribution in [2.24, 2.45) is 29.6 Å². The third kappa shape index (κ3) is 2.58. The van der Waals surface area contributed by atoms with Crippen LogP contribution >= 0.6 is 0 Å². The van der Waals surface area contributed by atoms with Crippen molar-refractivity contribution < 1.29 is 14.3 Å². The highest BCUT2D eigenvalue weighted by atomic mass is 16.5. The molecule has 4 aliphatic rings. The third-order valence-electron chi connectivity index (χ3n) is 6.19. The molecule has 0 spiro atoms. The van der Waals surface area contributed by atoms with E-state index in [1.807, 2.05) is 18.2 Å². The van der Waals surface area contributed by atoms with Crippen LogP contribution in [0.1, 0.15) is 32.1 Å². The second-order valence-electron chi connectivity index (χ2n) is 7.51. The van der Waals surface area contributed by atoms with Gasteiger partial charge in [-0.3, -0.25) is 4.79 Å². The Kier molecular flexibility index (Phi) is 3.70. The molecule has 1 amide bonds. The first-order chi connectivity index (χ1) is 11.2. The second kappa shape index (κ2) is 5.73. The molecule has 4 heteroatoms. The van der Waals surface area contributed by atoms with E-state index in [1.165, 1.54) is 32.1 Å². The molecule has 1 aromatic rings. The molecule has 4 saturated carbocycles. The van der Waals surface area contributed by atoms with Crippen molar-refractivity contribution in [2.75, 3.05) is 19.5 Å². The molecule has 4 aliphatic carbocycles. The van der Waals surface area contributed by atoms with Gasteiger partial charge in [0.2, 0.25) is 5.91 Å². The highest BCUT2D eigenvalue weighted by Crippen LogP contribution is 2.56. The number of ether oxygens (including phenoxy) is 2. The number of carbonyl (C=O) groups is 1. The molecule has 4 bridgehead atoms. The van der Waals surface area contributed by atoms with Gasteiger partial charge < -0.3 is 14.8 Å². The summed E-state index contributed by atoms with van der Waals surface area (Å²) in [6.45, 7) is 0. The summed E-state index contributed by atoms with van der Waals surface area (Å²) in [5.74, 6) is 4.70. The van der Waals surface area contributed by atoms with Gasteiger partial charge >= 0.3 is 0 Å². The molecule has 5 rings (SSSR count). The van der Waals surface area contributed by atoms with Crippen LogP contribution in [-0.4, -0.2) is 20.1 Å². The van der Waals surface area contributed by atoms with E-state index in [0.29, 0.717) is 23.3 Å². The van der Waals surface area contributed by atoms with Crippen LogP contribution in [0.25, 0.3) is 0 Å². The number of hydrogen-bond donors (Lipinski definition) is 1. The Morgan fingerprint density at radius 2 is 1.65 bits per heavy atom. The van der Waals surface area contributed by atoms with Crippen LogP contribution < -0.4 is 14.8 Å². The van der Waals surface area contributed by atoms with Gasteiger partial charge in [0.25, 0.3) is 0 Å². The van der Waals surface area contributed by atoms with Crippen LogP contribution in [0.2, 0.25) is 0 Å². The van der Waals surface area contributed by atoms with E-state index in [0.717, 1.165) is 17.6 Å². The molecule has 23 heavy (non-hydrogen) atoms. The molecule has 0 aliphatic heterocycles. The lowest BCUT2D eigenvalue weighted by atomic mass is 9.51. The van der Waals surface area contributed by atoms with Crippen LogP contribution in [0.4, 0.5) is 5.69 Å². The fourth-order valence-electron chi connectivity index (χ4n) is 5.48. The number of carbonyl (C=O) groups excluding carboxylic acids is 1. The first-order valence-electron chi connectivity index (χ1n) is 8.70. The summed E-state index contributed by atoms with van der Waals surface area (Å²) in [4.78, 5) is 13.0. The number of benzene rings is 1. The minimum atomic E-state index is 0.172. The minimum Gasteiger partial charge on any atom is -0.497 e. The zero-order valence-corrected chi connectivity index (χ0v) is 13.9. The Balaban J connectivity index is 1.54. The third-order valence-corrected chi connectivity index (χ3v) is 6.19. The average molecular weight is 315 g/mol. The zero-order valence-electron chi connectivity index (χ0n) is 13.9. The monoisotopic (exact) mass is 315 g/mol. The number of rotatable bonds is 4. The van der Waals surface area contributed by atoms with Crippen LogP contribution in [0.3, 0.4) is 0 Å². The number of methoxy groups -OCH3 is 2. The Morgan fingerprint density at radius 1 is 1.00 bits per heavy atom. The predicted octanol–water partition coefficient (Wildman–Crippen LogP) is 3.71. The van der Waals surface area contributed by atoms with Crippen molar-refractivity contribution in [1.29, 1.82) is 0 Å². The molecule has 1 aromatic carbocycles. The average Bonchev–Trinajstić information content (AvgIpc) is 2.53. The highest BCUT2D eigenvalue weighted by molar-refractivity contribution is 5.94. The Labute approximate surface area is 137 Å². The van der Waals surface area contributed by atoms with Gasteiger partial charge in [0.1, 0.15) is 11.5 Å². The Hall–Kier alpha value is -1.71. The molecule has 0 aromatic heterocycles. The lowest BCUT2D eigenvalue weighted by Gasteiger charge is -2.53. The largest absolute Gasteiger partial charge is 0.497 e. The fourth-order valence-corrected chi connectivity index (χ4v) is 5.48. The first kappa shape index (κ1) is 14.9. The lowest BCUT2D eigenvalue weighted by molar-refractivity contribution is -0.132. The summed E-state index contributed by atoms with van der Waals surface area (Å²) < 4.78 is 10.6. The van der Waals surface area contributed by atoms with Gasteiger partial charge in [0, 0.05) is 12.0 Å². The van der Waals surface area contributed by atoms with Crippen molar-refractivity contribution in [3.8, 4) is 11.5 Å². The number of anilines is 1. The van der Waals surface area contributed by atoms with Gasteiger partial charge in [-0.05, 0) is 67.9 Å². The van der Waals surface area contributed by atoms with Crippen molar-refractivity contribution in [3.05, 3.63) is 18.2 Å². The zero-order chi connectivity index (χ0) is 16.0. The van der Waals surface area contributed by atoms with Crippen molar-refractivity contribution in [1.82, 2.24) is 0 Å². The maximum absolute atomic E-state index is 13.0. The molecule has 1 N–H and O–H groups in total. The summed E-state index contributed by atoms with van der Waals surface area (Å²) >= 11 is 0. The van der Waals surface area contributed by atoms with Crippen LogP contribution in [0.15, 0.2) is 18.2 Å². The van der Waals surface area contributed by atoms with E-state index < -0.39 is 0 Å². The molecule has 0 radical (unpaired) electrons. The van der Waals surface area contributed by atoms with E-state index in [1.54, 1.807) is 14.2 Å². The molecular weight excluding hydrogens is 290 g/mol. The molecule has 0 atom stereocenters. The molecule has 4 nitrogen and oxygen atoms in total. The summed E-state index contributed by atoms with van der Waals surface area (Å²) in [6.07, 6.45) is 6.41. The summed E-state index contributed by atoms with van der Waals surface area (Å²) in [5, 5.41) is 3.12. The lowest BCUT2D eigenvalue weighted by Crippen LogP contribution is -2.49. The van der Waals surface area contributed by atoms with Crippen LogP contribution in [0.5, 0.6) is 11.5 Å². The van der Waals surface area contributed by atoms with Gasteiger partial charge in [0.05, 0.1) is 19.9 Å². The van der Waals surface area contributed by atoms with Crippen molar-refractivity contribution in [2.45, 2.75) is 32.1 Å². The minimum absolute atomic E-state index is 0.172. The van der Waals surface area contributed by atoms with E-state index in [9.17, 15) is 4.79 Å². The molecule has 0 unspecified atom stereocenters. The van der Waals surface area contributed by atoms with Crippen molar-refractivity contribution >= 4 is 11.6 Å². The molecule has 124 valence electrons. The smallest absolute Gasteiger partial charge is 0.228 e. The second-order valence-corrected chi connectivity index (χ2v) is 7.51. The van der Waals surface area contributed by atoms with E-state index in [2.05, 4.69) is 5.32 Å². The molecule has 4 fully saturated rings. The van der Waals surface area contributed by atoms with Crippen LogP contribution in [-0.2, 0) is 4.79 Å². The number of amides is 1.